The average Bonchev–Trinajstić information content (AvgIpc) is 2.67. The summed E-state index contributed by atoms with van der Waals surface area (Å²) in [7, 11) is 0. The number of carbonyl (C=O) groups excluding carboxylic acids is 1. The molecule has 1 saturated carbocycles. The van der Waals surface area contributed by atoms with Crippen LogP contribution in [-0.2, 0) is 11.8 Å². The Hall–Kier alpha value is -2.60. The standard InChI is InChI=1S/C23H26N2O/c1-18-7-5-10-21(15-18)23(12-3-2-4-13-23)17-25-22(26)20-9-6-8-19(16-20)11-14-24/h5-10,15-16H,2-4,11-13,17H2,1H3,(H,25,26). The van der Waals surface area contributed by atoms with Gasteiger partial charge in [0.15, 0.2) is 0 Å². The highest BCUT2D eigenvalue weighted by molar-refractivity contribution is 5.94. The second kappa shape index (κ2) is 8.19. The number of carbonyl (C=O) groups is 1. The molecule has 2 aromatic carbocycles. The lowest BCUT2D eigenvalue weighted by atomic mass is 9.69. The normalized spacial score (nSPS) is 15.8. The first-order valence-electron chi connectivity index (χ1n) is 9.44. The van der Waals surface area contributed by atoms with Crippen LogP contribution < -0.4 is 5.32 Å². The molecule has 0 bridgehead atoms. The van der Waals surface area contributed by atoms with E-state index in [1.165, 1.54) is 30.4 Å². The first-order chi connectivity index (χ1) is 12.6. The van der Waals surface area contributed by atoms with Crippen molar-refractivity contribution in [2.75, 3.05) is 6.54 Å². The van der Waals surface area contributed by atoms with Crippen molar-refractivity contribution in [3.8, 4) is 6.07 Å². The lowest BCUT2D eigenvalue weighted by Crippen LogP contribution is -2.42. The van der Waals surface area contributed by atoms with E-state index in [-0.39, 0.29) is 11.3 Å². The van der Waals surface area contributed by atoms with Crippen LogP contribution in [0.2, 0.25) is 0 Å². The molecule has 3 rings (SSSR count). The maximum absolute atomic E-state index is 12.7. The van der Waals surface area contributed by atoms with Crippen molar-refractivity contribution in [3.05, 3.63) is 70.8 Å². The molecule has 0 unspecified atom stereocenters. The zero-order chi connectivity index (χ0) is 18.4. The smallest absolute Gasteiger partial charge is 0.251 e. The van der Waals surface area contributed by atoms with Gasteiger partial charge in [-0.1, -0.05) is 61.2 Å². The Bertz CT molecular complexity index is 813. The highest BCUT2D eigenvalue weighted by Crippen LogP contribution is 2.39. The van der Waals surface area contributed by atoms with Crippen LogP contribution in [0, 0.1) is 18.3 Å². The molecule has 0 saturated heterocycles. The fourth-order valence-electron chi connectivity index (χ4n) is 4.04. The number of aryl methyl sites for hydroxylation is 1. The fourth-order valence-corrected chi connectivity index (χ4v) is 4.04. The zero-order valence-corrected chi connectivity index (χ0v) is 15.4. The highest BCUT2D eigenvalue weighted by Gasteiger charge is 2.34. The van der Waals surface area contributed by atoms with Crippen LogP contribution in [0.25, 0.3) is 0 Å². The molecule has 0 heterocycles. The summed E-state index contributed by atoms with van der Waals surface area (Å²) >= 11 is 0. The van der Waals surface area contributed by atoms with Gasteiger partial charge in [-0.15, -0.1) is 0 Å². The van der Waals surface area contributed by atoms with Crippen LogP contribution in [-0.4, -0.2) is 12.5 Å². The maximum Gasteiger partial charge on any atom is 0.251 e. The van der Waals surface area contributed by atoms with Crippen LogP contribution in [0.3, 0.4) is 0 Å². The van der Waals surface area contributed by atoms with Crippen molar-refractivity contribution < 1.29 is 4.79 Å². The van der Waals surface area contributed by atoms with Crippen LogP contribution in [0.5, 0.6) is 0 Å². The topological polar surface area (TPSA) is 52.9 Å². The van der Waals surface area contributed by atoms with Crippen LogP contribution >= 0.6 is 0 Å². The van der Waals surface area contributed by atoms with E-state index in [4.69, 9.17) is 5.26 Å². The largest absolute Gasteiger partial charge is 0.351 e. The van der Waals surface area contributed by atoms with Crippen molar-refractivity contribution in [3.63, 3.8) is 0 Å². The predicted octanol–water partition coefficient (Wildman–Crippen LogP) is 4.69. The minimum Gasteiger partial charge on any atom is -0.351 e. The molecule has 1 amide bonds. The van der Waals surface area contributed by atoms with E-state index in [0.717, 1.165) is 18.4 Å². The van der Waals surface area contributed by atoms with Crippen molar-refractivity contribution in [2.24, 2.45) is 0 Å². The SMILES string of the molecule is Cc1cccc(C2(CNC(=O)c3cccc(CC#N)c3)CCCCC2)c1. The van der Waals surface area contributed by atoms with Crippen LogP contribution in [0.1, 0.15) is 59.2 Å². The minimum absolute atomic E-state index is 0.0319. The molecular weight excluding hydrogens is 320 g/mol. The second-order valence-corrected chi connectivity index (χ2v) is 7.43. The molecule has 0 radical (unpaired) electrons. The van der Waals surface area contributed by atoms with Crippen molar-refractivity contribution >= 4 is 5.91 Å². The number of nitriles is 1. The molecule has 0 spiro atoms. The molecule has 0 aliphatic heterocycles. The highest BCUT2D eigenvalue weighted by atomic mass is 16.1. The Morgan fingerprint density at radius 3 is 2.62 bits per heavy atom. The molecule has 1 aliphatic rings. The fraction of sp³-hybridized carbons (Fsp3) is 0.391. The van der Waals surface area contributed by atoms with Crippen LogP contribution in [0.4, 0.5) is 0 Å². The van der Waals surface area contributed by atoms with Gasteiger partial charge in [0.05, 0.1) is 12.5 Å². The Labute approximate surface area is 156 Å². The second-order valence-electron chi connectivity index (χ2n) is 7.43. The summed E-state index contributed by atoms with van der Waals surface area (Å²) in [6.07, 6.45) is 6.26. The summed E-state index contributed by atoms with van der Waals surface area (Å²) in [4.78, 5) is 12.7. The third kappa shape index (κ3) is 4.14. The van der Waals surface area contributed by atoms with Gasteiger partial charge in [-0.25, -0.2) is 0 Å². The van der Waals surface area contributed by atoms with Crippen molar-refractivity contribution in [1.82, 2.24) is 5.32 Å². The summed E-state index contributed by atoms with van der Waals surface area (Å²) in [6.45, 7) is 2.79. The van der Waals surface area contributed by atoms with Gasteiger partial charge in [0.25, 0.3) is 5.91 Å². The van der Waals surface area contributed by atoms with Gasteiger partial charge in [0, 0.05) is 17.5 Å². The van der Waals surface area contributed by atoms with Gasteiger partial charge >= 0.3 is 0 Å². The Kier molecular flexibility index (Phi) is 5.73. The molecule has 1 N–H and O–H groups in total. The summed E-state index contributed by atoms with van der Waals surface area (Å²) in [5, 5.41) is 12.0. The van der Waals surface area contributed by atoms with E-state index in [1.54, 1.807) is 0 Å². The Morgan fingerprint density at radius 2 is 1.88 bits per heavy atom. The van der Waals surface area contributed by atoms with Gasteiger partial charge in [-0.2, -0.15) is 5.26 Å². The number of amides is 1. The Morgan fingerprint density at radius 1 is 1.12 bits per heavy atom. The number of rotatable bonds is 5. The van der Waals surface area contributed by atoms with E-state index in [2.05, 4.69) is 42.6 Å². The first kappa shape index (κ1) is 18.2. The monoisotopic (exact) mass is 346 g/mol. The summed E-state index contributed by atoms with van der Waals surface area (Å²) in [5.41, 5.74) is 4.15. The molecule has 1 fully saturated rings. The maximum atomic E-state index is 12.7. The minimum atomic E-state index is -0.0533. The number of benzene rings is 2. The summed E-state index contributed by atoms with van der Waals surface area (Å²) < 4.78 is 0. The van der Waals surface area contributed by atoms with E-state index in [0.29, 0.717) is 18.5 Å². The number of hydrogen-bond acceptors (Lipinski definition) is 2. The van der Waals surface area contributed by atoms with Crippen molar-refractivity contribution in [2.45, 2.75) is 50.9 Å². The summed E-state index contributed by atoms with van der Waals surface area (Å²) in [5.74, 6) is -0.0533. The number of hydrogen-bond donors (Lipinski definition) is 1. The molecule has 1 aliphatic carbocycles. The van der Waals surface area contributed by atoms with Gasteiger partial charge in [-0.05, 0) is 43.0 Å². The predicted molar refractivity (Wildman–Crippen MR) is 104 cm³/mol. The van der Waals surface area contributed by atoms with E-state index >= 15 is 0 Å². The molecule has 0 atom stereocenters. The van der Waals surface area contributed by atoms with Gasteiger partial charge < -0.3 is 5.32 Å². The third-order valence-corrected chi connectivity index (χ3v) is 5.50. The van der Waals surface area contributed by atoms with E-state index in [9.17, 15) is 4.79 Å². The summed E-state index contributed by atoms with van der Waals surface area (Å²) in [6, 6.07) is 18.2. The van der Waals surface area contributed by atoms with Crippen LogP contribution in [0.15, 0.2) is 48.5 Å². The molecular formula is C23H26N2O. The van der Waals surface area contributed by atoms with Gasteiger partial charge in [0.2, 0.25) is 0 Å². The Balaban J connectivity index is 1.77. The number of nitrogens with one attached hydrogen (secondary N) is 1. The lowest BCUT2D eigenvalue weighted by Gasteiger charge is -2.38. The first-order valence-corrected chi connectivity index (χ1v) is 9.44. The van der Waals surface area contributed by atoms with Gasteiger partial charge in [-0.3, -0.25) is 4.79 Å². The quantitative estimate of drug-likeness (QED) is 0.853. The third-order valence-electron chi connectivity index (χ3n) is 5.50. The molecule has 26 heavy (non-hydrogen) atoms. The molecule has 134 valence electrons. The van der Waals surface area contributed by atoms with Crippen molar-refractivity contribution in [1.29, 1.82) is 5.26 Å². The van der Waals surface area contributed by atoms with Gasteiger partial charge in [0.1, 0.15) is 0 Å². The molecule has 0 aromatic heterocycles. The average molecular weight is 346 g/mol. The van der Waals surface area contributed by atoms with E-state index < -0.39 is 0 Å². The molecule has 2 aromatic rings. The van der Waals surface area contributed by atoms with E-state index in [1.807, 2.05) is 24.3 Å². The number of nitrogens with zero attached hydrogens (tertiary/aromatic N) is 1. The molecule has 3 nitrogen and oxygen atoms in total. The zero-order valence-electron chi connectivity index (χ0n) is 15.4. The lowest BCUT2D eigenvalue weighted by molar-refractivity contribution is 0.0936. The molecule has 3 heteroatoms.